The topological polar surface area (TPSA) is 96.7 Å². The molecule has 24 heavy (non-hydrogen) atoms. The number of imidazole rings is 1. The van der Waals surface area contributed by atoms with Crippen LogP contribution in [0.15, 0.2) is 43.1 Å². The van der Waals surface area contributed by atoms with Crippen LogP contribution < -0.4 is 5.32 Å². The number of fused-ring (bicyclic) bond motifs is 2. The highest BCUT2D eigenvalue weighted by Gasteiger charge is 2.10. The van der Waals surface area contributed by atoms with Crippen LogP contribution in [0.2, 0.25) is 0 Å². The third-order valence-corrected chi connectivity index (χ3v) is 3.72. The quantitative estimate of drug-likeness (QED) is 0.604. The van der Waals surface area contributed by atoms with E-state index >= 15 is 0 Å². The number of nitrogens with one attached hydrogen (secondary N) is 1. The van der Waals surface area contributed by atoms with E-state index in [0.29, 0.717) is 25.3 Å². The van der Waals surface area contributed by atoms with Crippen molar-refractivity contribution in [3.05, 3.63) is 48.8 Å². The molecule has 4 heterocycles. The molecular formula is C16H14N8. The zero-order valence-electron chi connectivity index (χ0n) is 12.8. The minimum Gasteiger partial charge on any atom is -0.364 e. The van der Waals surface area contributed by atoms with Gasteiger partial charge in [0.05, 0.1) is 42.9 Å². The Labute approximate surface area is 137 Å². The highest BCUT2D eigenvalue weighted by Crippen LogP contribution is 2.19. The molecule has 4 aromatic heterocycles. The average Bonchev–Trinajstić information content (AvgIpc) is 3.22. The summed E-state index contributed by atoms with van der Waals surface area (Å²) in [4.78, 5) is 13.1. The molecule has 8 heteroatoms. The average molecular weight is 318 g/mol. The Morgan fingerprint density at radius 1 is 1.25 bits per heavy atom. The number of nitrogens with zero attached hydrogens (tertiary/aromatic N) is 7. The molecule has 0 spiro atoms. The fourth-order valence-corrected chi connectivity index (χ4v) is 2.60. The predicted octanol–water partition coefficient (Wildman–Crippen LogP) is 2.00. The summed E-state index contributed by atoms with van der Waals surface area (Å²) in [6.45, 7) is 1.07. The smallest absolute Gasteiger partial charge is 0.163 e. The lowest BCUT2D eigenvalue weighted by molar-refractivity contribution is 0.643. The molecule has 0 radical (unpaired) electrons. The number of hydrogen-bond donors (Lipinski definition) is 1. The Morgan fingerprint density at radius 2 is 2.21 bits per heavy atom. The lowest BCUT2D eigenvalue weighted by Gasteiger charge is -2.04. The van der Waals surface area contributed by atoms with Crippen molar-refractivity contribution in [1.82, 2.24) is 29.1 Å². The van der Waals surface area contributed by atoms with Crippen LogP contribution in [0.4, 0.5) is 5.82 Å². The predicted molar refractivity (Wildman–Crippen MR) is 88.1 cm³/mol. The Hall–Kier alpha value is -3.47. The third kappa shape index (κ3) is 2.52. The monoisotopic (exact) mass is 318 g/mol. The van der Waals surface area contributed by atoms with Gasteiger partial charge in [-0.25, -0.2) is 19.6 Å². The summed E-state index contributed by atoms with van der Waals surface area (Å²) in [5.74, 6) is 0.709. The molecular weight excluding hydrogens is 304 g/mol. The van der Waals surface area contributed by atoms with Crippen molar-refractivity contribution in [2.75, 3.05) is 5.32 Å². The molecule has 0 saturated carbocycles. The summed E-state index contributed by atoms with van der Waals surface area (Å²) in [7, 11) is 0. The van der Waals surface area contributed by atoms with Crippen molar-refractivity contribution in [1.29, 1.82) is 5.26 Å². The van der Waals surface area contributed by atoms with E-state index in [4.69, 9.17) is 5.26 Å². The molecule has 118 valence electrons. The minimum absolute atomic E-state index is 0.394. The van der Waals surface area contributed by atoms with Crippen LogP contribution in [0.1, 0.15) is 12.1 Å². The molecule has 0 unspecified atom stereocenters. The van der Waals surface area contributed by atoms with Gasteiger partial charge in [-0.05, 0) is 12.1 Å². The maximum Gasteiger partial charge on any atom is 0.163 e. The van der Waals surface area contributed by atoms with E-state index in [1.165, 1.54) is 6.33 Å². The Balaban J connectivity index is 1.58. The molecule has 0 bridgehead atoms. The molecule has 0 aromatic carbocycles. The van der Waals surface area contributed by atoms with Crippen molar-refractivity contribution < 1.29 is 0 Å². The fraction of sp³-hybridized carbons (Fsp3) is 0.188. The molecule has 0 aliphatic carbocycles. The molecule has 0 amide bonds. The summed E-state index contributed by atoms with van der Waals surface area (Å²) in [6.07, 6.45) is 7.56. The van der Waals surface area contributed by atoms with E-state index in [1.54, 1.807) is 10.9 Å². The van der Waals surface area contributed by atoms with Crippen LogP contribution in [-0.4, -0.2) is 29.1 Å². The maximum atomic E-state index is 8.72. The van der Waals surface area contributed by atoms with Gasteiger partial charge in [0.2, 0.25) is 0 Å². The van der Waals surface area contributed by atoms with Crippen LogP contribution in [0, 0.1) is 11.3 Å². The highest BCUT2D eigenvalue weighted by atomic mass is 15.3. The second-order valence-electron chi connectivity index (χ2n) is 5.29. The first-order valence-electron chi connectivity index (χ1n) is 7.55. The van der Waals surface area contributed by atoms with Gasteiger partial charge in [0.1, 0.15) is 17.8 Å². The van der Waals surface area contributed by atoms with Crippen molar-refractivity contribution >= 4 is 22.5 Å². The number of anilines is 1. The van der Waals surface area contributed by atoms with Gasteiger partial charge in [-0.3, -0.25) is 0 Å². The van der Waals surface area contributed by atoms with Gasteiger partial charge < -0.3 is 9.72 Å². The van der Waals surface area contributed by atoms with Gasteiger partial charge in [-0.15, -0.1) is 0 Å². The maximum absolute atomic E-state index is 8.72. The van der Waals surface area contributed by atoms with Crippen LogP contribution in [-0.2, 0) is 13.1 Å². The first kappa shape index (κ1) is 14.1. The molecule has 1 N–H and O–H groups in total. The molecule has 0 fully saturated rings. The van der Waals surface area contributed by atoms with Crippen molar-refractivity contribution in [3.63, 3.8) is 0 Å². The van der Waals surface area contributed by atoms with E-state index in [1.807, 2.05) is 35.0 Å². The highest BCUT2D eigenvalue weighted by molar-refractivity contribution is 5.86. The van der Waals surface area contributed by atoms with Gasteiger partial charge in [0.15, 0.2) is 5.65 Å². The second-order valence-corrected chi connectivity index (χ2v) is 5.29. The van der Waals surface area contributed by atoms with E-state index < -0.39 is 0 Å². The van der Waals surface area contributed by atoms with Gasteiger partial charge >= 0.3 is 0 Å². The Kier molecular flexibility index (Phi) is 3.51. The van der Waals surface area contributed by atoms with E-state index in [2.05, 4.69) is 31.4 Å². The van der Waals surface area contributed by atoms with Gasteiger partial charge in [0.25, 0.3) is 0 Å². The fourth-order valence-electron chi connectivity index (χ4n) is 2.60. The summed E-state index contributed by atoms with van der Waals surface area (Å²) < 4.78 is 3.70. The lowest BCUT2D eigenvalue weighted by Crippen LogP contribution is -2.04. The number of aryl methyl sites for hydroxylation is 1. The largest absolute Gasteiger partial charge is 0.364 e. The van der Waals surface area contributed by atoms with Gasteiger partial charge in [-0.1, -0.05) is 6.07 Å². The summed E-state index contributed by atoms with van der Waals surface area (Å²) in [5, 5.41) is 17.1. The second kappa shape index (κ2) is 5.96. The molecule has 0 saturated heterocycles. The Morgan fingerprint density at radius 3 is 3.08 bits per heavy atom. The van der Waals surface area contributed by atoms with E-state index in [0.717, 1.165) is 22.4 Å². The minimum atomic E-state index is 0.394. The first-order chi connectivity index (χ1) is 11.8. The molecule has 4 rings (SSSR count). The van der Waals surface area contributed by atoms with E-state index in [-0.39, 0.29) is 0 Å². The third-order valence-electron chi connectivity index (χ3n) is 3.72. The van der Waals surface area contributed by atoms with Crippen LogP contribution >= 0.6 is 0 Å². The standard InChI is InChI=1S/C16H14N8/c17-5-3-7-24-16-13(9-21-24)15(19-11-20-16)18-8-12-10-23-6-2-1-4-14(23)22-12/h1-2,4,6,9-11H,3,7-8H2,(H,18,19,20). The molecule has 4 aromatic rings. The SMILES string of the molecule is N#CCCn1ncc2c(NCc3cn4ccccc4n3)ncnc21. The zero-order valence-corrected chi connectivity index (χ0v) is 12.8. The molecule has 0 aliphatic heterocycles. The van der Waals surface area contributed by atoms with Crippen LogP contribution in [0.25, 0.3) is 16.7 Å². The van der Waals surface area contributed by atoms with Crippen molar-refractivity contribution in [2.24, 2.45) is 0 Å². The molecule has 8 nitrogen and oxygen atoms in total. The number of hydrogen-bond acceptors (Lipinski definition) is 6. The van der Waals surface area contributed by atoms with Gasteiger partial charge in [-0.2, -0.15) is 10.4 Å². The van der Waals surface area contributed by atoms with Crippen LogP contribution in [0.3, 0.4) is 0 Å². The normalized spacial score (nSPS) is 11.0. The summed E-state index contributed by atoms with van der Waals surface area (Å²) >= 11 is 0. The van der Waals surface area contributed by atoms with Crippen LogP contribution in [0.5, 0.6) is 0 Å². The molecule has 0 atom stereocenters. The van der Waals surface area contributed by atoms with Crippen molar-refractivity contribution in [2.45, 2.75) is 19.5 Å². The van der Waals surface area contributed by atoms with E-state index in [9.17, 15) is 0 Å². The summed E-state index contributed by atoms with van der Waals surface area (Å²) in [5.41, 5.74) is 2.55. The zero-order chi connectivity index (χ0) is 16.4. The molecule has 0 aliphatic rings. The van der Waals surface area contributed by atoms with Crippen molar-refractivity contribution in [3.8, 4) is 6.07 Å². The number of aromatic nitrogens is 6. The lowest BCUT2D eigenvalue weighted by atomic mass is 10.3. The number of nitriles is 1. The number of pyridine rings is 1. The first-order valence-corrected chi connectivity index (χ1v) is 7.55. The van der Waals surface area contributed by atoms with Gasteiger partial charge in [0, 0.05) is 12.4 Å². The Bertz CT molecular complexity index is 1010. The number of rotatable bonds is 5. The summed E-state index contributed by atoms with van der Waals surface area (Å²) in [6, 6.07) is 8.01.